The molecular weight excluding hydrogens is 320 g/mol. The lowest BCUT2D eigenvalue weighted by Crippen LogP contribution is -2.46. The first-order valence-corrected chi connectivity index (χ1v) is 9.09. The van der Waals surface area contributed by atoms with E-state index in [1.165, 1.54) is 0 Å². The van der Waals surface area contributed by atoms with E-state index in [1.807, 2.05) is 23.1 Å². The summed E-state index contributed by atoms with van der Waals surface area (Å²) in [6.07, 6.45) is 4.92. The summed E-state index contributed by atoms with van der Waals surface area (Å²) in [5.74, 6) is 1.50. The third-order valence-electron chi connectivity index (χ3n) is 5.34. The minimum Gasteiger partial charge on any atom is -0.497 e. The summed E-state index contributed by atoms with van der Waals surface area (Å²) in [5, 5.41) is 12.8. The van der Waals surface area contributed by atoms with Gasteiger partial charge in [-0.1, -0.05) is 0 Å². The number of ether oxygens (including phenoxy) is 2. The quantitative estimate of drug-likeness (QED) is 0.878. The summed E-state index contributed by atoms with van der Waals surface area (Å²) in [7, 11) is 3.27. The number of likely N-dealkylation sites (tertiary alicyclic amines) is 1. The zero-order valence-corrected chi connectivity index (χ0v) is 15.0. The van der Waals surface area contributed by atoms with Gasteiger partial charge in [-0.2, -0.15) is 0 Å². The highest BCUT2D eigenvalue weighted by Crippen LogP contribution is 2.38. The van der Waals surface area contributed by atoms with E-state index < -0.39 is 0 Å². The molecule has 3 rings (SSSR count). The van der Waals surface area contributed by atoms with Crippen molar-refractivity contribution in [2.75, 3.05) is 20.8 Å². The van der Waals surface area contributed by atoms with Crippen LogP contribution in [0, 0.1) is 0 Å². The Morgan fingerprint density at radius 1 is 1.16 bits per heavy atom. The van der Waals surface area contributed by atoms with Gasteiger partial charge in [0.2, 0.25) is 0 Å². The van der Waals surface area contributed by atoms with Crippen LogP contribution in [0.2, 0.25) is 0 Å². The van der Waals surface area contributed by atoms with Crippen LogP contribution in [0.5, 0.6) is 11.5 Å². The van der Waals surface area contributed by atoms with Crippen molar-refractivity contribution in [3.8, 4) is 11.5 Å². The molecular formula is C19H28N2O4. The molecule has 1 saturated carbocycles. The van der Waals surface area contributed by atoms with Crippen LogP contribution >= 0.6 is 0 Å². The second kappa shape index (κ2) is 7.95. The molecule has 2 amide bonds. The molecule has 0 bridgehead atoms. The van der Waals surface area contributed by atoms with E-state index in [-0.39, 0.29) is 24.2 Å². The summed E-state index contributed by atoms with van der Waals surface area (Å²) >= 11 is 0. The highest BCUT2D eigenvalue weighted by atomic mass is 16.5. The number of aliphatic hydroxyl groups excluding tert-OH is 1. The summed E-state index contributed by atoms with van der Waals surface area (Å²) in [6, 6.07) is 5.94. The standard InChI is InChI=1S/C19H28N2O4/c1-24-15-9-10-16(18(12-15)25-2)17-4-3-11-21(17)19(23)20-13-5-7-14(22)8-6-13/h9-10,12-14,17,22H,3-8,11H2,1-2H3,(H,20,23)/t13?,14?,17-/m1/s1. The lowest BCUT2D eigenvalue weighted by molar-refractivity contribution is 0.114. The van der Waals surface area contributed by atoms with Crippen LogP contribution in [-0.2, 0) is 0 Å². The maximum absolute atomic E-state index is 12.8. The fourth-order valence-corrected chi connectivity index (χ4v) is 3.90. The van der Waals surface area contributed by atoms with Gasteiger partial charge in [0.25, 0.3) is 0 Å². The lowest BCUT2D eigenvalue weighted by atomic mass is 9.93. The Bertz CT molecular complexity index is 599. The molecule has 1 aromatic carbocycles. The molecule has 2 N–H and O–H groups in total. The van der Waals surface area contributed by atoms with E-state index in [0.717, 1.165) is 62.1 Å². The number of nitrogens with one attached hydrogen (secondary N) is 1. The molecule has 1 aliphatic carbocycles. The molecule has 1 aliphatic heterocycles. The van der Waals surface area contributed by atoms with E-state index >= 15 is 0 Å². The number of hydrogen-bond donors (Lipinski definition) is 2. The largest absolute Gasteiger partial charge is 0.497 e. The van der Waals surface area contributed by atoms with Gasteiger partial charge >= 0.3 is 6.03 Å². The third-order valence-corrected chi connectivity index (χ3v) is 5.34. The summed E-state index contributed by atoms with van der Waals surface area (Å²) in [5.41, 5.74) is 1.02. The average molecular weight is 348 g/mol. The molecule has 0 spiro atoms. The van der Waals surface area contributed by atoms with Crippen molar-refractivity contribution < 1.29 is 19.4 Å². The molecule has 1 aromatic rings. The van der Waals surface area contributed by atoms with Crippen LogP contribution in [0.15, 0.2) is 18.2 Å². The van der Waals surface area contributed by atoms with Crippen molar-refractivity contribution >= 4 is 6.03 Å². The van der Waals surface area contributed by atoms with Crippen LogP contribution < -0.4 is 14.8 Å². The van der Waals surface area contributed by atoms with Crippen molar-refractivity contribution in [3.05, 3.63) is 23.8 Å². The maximum atomic E-state index is 12.8. The van der Waals surface area contributed by atoms with Crippen molar-refractivity contribution in [2.45, 2.75) is 56.7 Å². The van der Waals surface area contributed by atoms with E-state index in [2.05, 4.69) is 5.32 Å². The number of hydrogen-bond acceptors (Lipinski definition) is 4. The van der Waals surface area contributed by atoms with E-state index in [4.69, 9.17) is 9.47 Å². The summed E-state index contributed by atoms with van der Waals surface area (Å²) < 4.78 is 10.8. The van der Waals surface area contributed by atoms with Crippen LogP contribution in [0.4, 0.5) is 4.79 Å². The van der Waals surface area contributed by atoms with Gasteiger partial charge in [0, 0.05) is 24.2 Å². The highest BCUT2D eigenvalue weighted by molar-refractivity contribution is 5.75. The third kappa shape index (κ3) is 4.00. The first kappa shape index (κ1) is 17.9. The fourth-order valence-electron chi connectivity index (χ4n) is 3.90. The first-order chi connectivity index (χ1) is 12.1. The van der Waals surface area contributed by atoms with Crippen molar-refractivity contribution in [3.63, 3.8) is 0 Å². The van der Waals surface area contributed by atoms with Crippen LogP contribution in [-0.4, -0.2) is 48.9 Å². The van der Waals surface area contributed by atoms with Gasteiger partial charge in [0.1, 0.15) is 11.5 Å². The molecule has 6 nitrogen and oxygen atoms in total. The second-order valence-electron chi connectivity index (χ2n) is 6.91. The maximum Gasteiger partial charge on any atom is 0.318 e. The van der Waals surface area contributed by atoms with E-state index in [9.17, 15) is 9.90 Å². The Labute approximate surface area is 149 Å². The second-order valence-corrected chi connectivity index (χ2v) is 6.91. The van der Waals surface area contributed by atoms with Gasteiger partial charge in [0.15, 0.2) is 0 Å². The van der Waals surface area contributed by atoms with Gasteiger partial charge in [-0.25, -0.2) is 4.79 Å². The minimum absolute atomic E-state index is 0.0123. The number of aliphatic hydroxyl groups is 1. The number of rotatable bonds is 4. The van der Waals surface area contributed by atoms with Crippen molar-refractivity contribution in [1.29, 1.82) is 0 Å². The molecule has 2 fully saturated rings. The molecule has 1 atom stereocenters. The van der Waals surface area contributed by atoms with Crippen LogP contribution in [0.1, 0.15) is 50.1 Å². The Morgan fingerprint density at radius 2 is 1.92 bits per heavy atom. The summed E-state index contributed by atoms with van der Waals surface area (Å²) in [6.45, 7) is 0.751. The Morgan fingerprint density at radius 3 is 2.60 bits per heavy atom. The highest BCUT2D eigenvalue weighted by Gasteiger charge is 2.33. The van der Waals surface area contributed by atoms with Crippen molar-refractivity contribution in [2.24, 2.45) is 0 Å². The van der Waals surface area contributed by atoms with Crippen molar-refractivity contribution in [1.82, 2.24) is 10.2 Å². The predicted molar refractivity (Wildman–Crippen MR) is 95.0 cm³/mol. The van der Waals surface area contributed by atoms with Gasteiger partial charge in [0.05, 0.1) is 26.4 Å². The first-order valence-electron chi connectivity index (χ1n) is 9.09. The molecule has 6 heteroatoms. The van der Waals surface area contributed by atoms with Gasteiger partial charge in [-0.05, 0) is 50.7 Å². The van der Waals surface area contributed by atoms with E-state index in [1.54, 1.807) is 14.2 Å². The normalized spacial score (nSPS) is 26.4. The molecule has 0 unspecified atom stereocenters. The molecule has 25 heavy (non-hydrogen) atoms. The molecule has 1 saturated heterocycles. The Hall–Kier alpha value is -1.95. The van der Waals surface area contributed by atoms with E-state index in [0.29, 0.717) is 0 Å². The zero-order chi connectivity index (χ0) is 17.8. The lowest BCUT2D eigenvalue weighted by Gasteiger charge is -2.31. The number of methoxy groups -OCH3 is 2. The number of nitrogens with zero attached hydrogens (tertiary/aromatic N) is 1. The minimum atomic E-state index is -0.212. The average Bonchev–Trinajstić information content (AvgIpc) is 3.12. The number of benzene rings is 1. The molecule has 0 radical (unpaired) electrons. The molecule has 2 aliphatic rings. The smallest absolute Gasteiger partial charge is 0.318 e. The molecule has 138 valence electrons. The molecule has 0 aromatic heterocycles. The van der Waals surface area contributed by atoms with Crippen LogP contribution in [0.3, 0.4) is 0 Å². The SMILES string of the molecule is COc1ccc([C@H]2CCCN2C(=O)NC2CCC(O)CC2)c(OC)c1. The topological polar surface area (TPSA) is 71.0 Å². The number of carbonyl (C=O) groups is 1. The zero-order valence-electron chi connectivity index (χ0n) is 15.0. The summed E-state index contributed by atoms with van der Waals surface area (Å²) in [4.78, 5) is 14.7. The number of carbonyl (C=O) groups excluding carboxylic acids is 1. The number of amides is 2. The predicted octanol–water partition coefficient (Wildman–Crippen LogP) is 2.85. The van der Waals surface area contributed by atoms with Crippen LogP contribution in [0.25, 0.3) is 0 Å². The monoisotopic (exact) mass is 348 g/mol. The van der Waals surface area contributed by atoms with Gasteiger partial charge < -0.3 is 24.8 Å². The fraction of sp³-hybridized carbons (Fsp3) is 0.632. The Balaban J connectivity index is 1.71. The molecule has 1 heterocycles. The Kier molecular flexibility index (Phi) is 5.68. The van der Waals surface area contributed by atoms with Gasteiger partial charge in [-0.3, -0.25) is 0 Å². The number of urea groups is 1. The van der Waals surface area contributed by atoms with Gasteiger partial charge in [-0.15, -0.1) is 0 Å².